The lowest BCUT2D eigenvalue weighted by Crippen LogP contribution is -2.24. The van der Waals surface area contributed by atoms with Gasteiger partial charge in [-0.3, -0.25) is 4.79 Å². The molecule has 184 valence electrons. The first-order chi connectivity index (χ1) is 15.9. The number of likely N-dealkylation sites (N-methyl/N-ethyl adjacent to an activating group) is 1. The van der Waals surface area contributed by atoms with Crippen molar-refractivity contribution in [2.75, 3.05) is 26.1 Å². The number of nitrogens with one attached hydrogen (secondary N) is 2. The van der Waals surface area contributed by atoms with Crippen LogP contribution in [-0.4, -0.2) is 46.7 Å². The molecule has 1 atom stereocenters. The largest absolute Gasteiger partial charge is 0.508 e. The third-order valence-electron chi connectivity index (χ3n) is 4.24. The van der Waals surface area contributed by atoms with Gasteiger partial charge in [-0.25, -0.2) is 0 Å². The van der Waals surface area contributed by atoms with Gasteiger partial charge in [-0.05, 0) is 53.0 Å². The number of methoxy groups -OCH3 is 1. The second-order valence-corrected chi connectivity index (χ2v) is 6.91. The van der Waals surface area contributed by atoms with E-state index >= 15 is 0 Å². The van der Waals surface area contributed by atoms with Crippen LogP contribution in [0.1, 0.15) is 38.4 Å². The maximum atomic E-state index is 11.4. The molecule has 3 rings (SSSR count). The van der Waals surface area contributed by atoms with Gasteiger partial charge in [0.2, 0.25) is 16.5 Å². The first kappa shape index (κ1) is 28.7. The average molecular weight is 510 g/mol. The number of aromatic nitrogens is 3. The SMILES string of the molecule is C.CC.CNC(=O)COc1ccc(C(Nc2nc(Cl)nc(Cl)n2)c2ccc(O)cc2OC)cc1. The zero-order chi connectivity index (χ0) is 24.4. The average Bonchev–Trinajstić information content (AvgIpc) is 2.82. The Labute approximate surface area is 209 Å². The number of carbonyl (C=O) groups excluding carboxylic acids is 1. The zero-order valence-electron chi connectivity index (χ0n) is 18.6. The number of ether oxygens (including phenoxy) is 2. The van der Waals surface area contributed by atoms with Crippen molar-refractivity contribution in [2.24, 2.45) is 0 Å². The van der Waals surface area contributed by atoms with E-state index in [9.17, 15) is 9.90 Å². The second kappa shape index (κ2) is 14.1. The summed E-state index contributed by atoms with van der Waals surface area (Å²) in [6, 6.07) is 11.3. The summed E-state index contributed by atoms with van der Waals surface area (Å²) in [5.74, 6) is 0.952. The number of hydrogen-bond acceptors (Lipinski definition) is 8. The Hall–Kier alpha value is -3.30. The third kappa shape index (κ3) is 7.93. The summed E-state index contributed by atoms with van der Waals surface area (Å²) in [5, 5.41) is 15.4. The molecular formula is C23H29Cl2N5O4. The lowest BCUT2D eigenvalue weighted by atomic mass is 9.97. The molecule has 11 heteroatoms. The minimum atomic E-state index is -0.502. The smallest absolute Gasteiger partial charge is 0.257 e. The maximum absolute atomic E-state index is 11.4. The quantitative estimate of drug-likeness (QED) is 0.393. The van der Waals surface area contributed by atoms with Crippen molar-refractivity contribution >= 4 is 35.1 Å². The minimum absolute atomic E-state index is 0. The summed E-state index contributed by atoms with van der Waals surface area (Å²) < 4.78 is 10.9. The molecule has 0 aliphatic heterocycles. The fraction of sp³-hybridized carbons (Fsp3) is 0.304. The number of carbonyl (C=O) groups is 1. The topological polar surface area (TPSA) is 118 Å². The molecule has 0 bridgehead atoms. The van der Waals surface area contributed by atoms with Crippen LogP contribution in [0.15, 0.2) is 42.5 Å². The van der Waals surface area contributed by atoms with E-state index in [0.29, 0.717) is 17.1 Å². The monoisotopic (exact) mass is 509 g/mol. The predicted molar refractivity (Wildman–Crippen MR) is 134 cm³/mol. The first-order valence-corrected chi connectivity index (χ1v) is 10.8. The van der Waals surface area contributed by atoms with Crippen LogP contribution in [0.25, 0.3) is 0 Å². The highest BCUT2D eigenvalue weighted by Crippen LogP contribution is 2.35. The molecule has 1 unspecified atom stereocenters. The van der Waals surface area contributed by atoms with Crippen LogP contribution in [0, 0.1) is 0 Å². The van der Waals surface area contributed by atoms with Gasteiger partial charge in [-0.2, -0.15) is 15.0 Å². The van der Waals surface area contributed by atoms with Gasteiger partial charge in [0.1, 0.15) is 17.2 Å². The first-order valence-electron chi connectivity index (χ1n) is 10.0. The minimum Gasteiger partial charge on any atom is -0.508 e. The Morgan fingerprint density at radius 1 is 1.06 bits per heavy atom. The van der Waals surface area contributed by atoms with E-state index < -0.39 is 6.04 Å². The van der Waals surface area contributed by atoms with Gasteiger partial charge >= 0.3 is 0 Å². The normalized spacial score (nSPS) is 10.6. The van der Waals surface area contributed by atoms with Crippen molar-refractivity contribution in [2.45, 2.75) is 27.3 Å². The van der Waals surface area contributed by atoms with Crippen molar-refractivity contribution in [3.63, 3.8) is 0 Å². The summed E-state index contributed by atoms with van der Waals surface area (Å²) in [5.41, 5.74) is 1.50. The molecule has 1 heterocycles. The predicted octanol–water partition coefficient (Wildman–Crippen LogP) is 4.88. The summed E-state index contributed by atoms with van der Waals surface area (Å²) in [6.45, 7) is 3.91. The molecule has 9 nitrogen and oxygen atoms in total. The van der Waals surface area contributed by atoms with E-state index in [2.05, 4.69) is 25.6 Å². The van der Waals surface area contributed by atoms with Gasteiger partial charge in [0.15, 0.2) is 6.61 Å². The molecule has 2 aromatic carbocycles. The van der Waals surface area contributed by atoms with Crippen molar-refractivity contribution in [1.82, 2.24) is 20.3 Å². The van der Waals surface area contributed by atoms with Crippen molar-refractivity contribution < 1.29 is 19.4 Å². The Bertz CT molecular complexity index is 1050. The molecule has 0 saturated heterocycles. The van der Waals surface area contributed by atoms with E-state index in [-0.39, 0.29) is 42.2 Å². The van der Waals surface area contributed by atoms with Crippen LogP contribution < -0.4 is 20.1 Å². The van der Waals surface area contributed by atoms with E-state index in [0.717, 1.165) is 5.56 Å². The van der Waals surface area contributed by atoms with Gasteiger partial charge in [0, 0.05) is 18.7 Å². The van der Waals surface area contributed by atoms with Crippen molar-refractivity contribution in [3.05, 3.63) is 64.2 Å². The lowest BCUT2D eigenvalue weighted by molar-refractivity contribution is -0.122. The highest BCUT2D eigenvalue weighted by atomic mass is 35.5. The number of aromatic hydroxyl groups is 1. The summed E-state index contributed by atoms with van der Waals surface area (Å²) in [7, 11) is 3.04. The van der Waals surface area contributed by atoms with Gasteiger partial charge < -0.3 is 25.2 Å². The van der Waals surface area contributed by atoms with E-state index in [1.807, 2.05) is 26.0 Å². The number of phenolic OH excluding ortho intramolecular Hbond substituents is 1. The van der Waals surface area contributed by atoms with E-state index in [1.54, 1.807) is 24.3 Å². The number of amides is 1. The molecule has 3 N–H and O–H groups in total. The molecule has 3 aromatic rings. The molecule has 0 spiro atoms. The molecule has 0 radical (unpaired) electrons. The van der Waals surface area contributed by atoms with Crippen LogP contribution in [-0.2, 0) is 4.79 Å². The van der Waals surface area contributed by atoms with Crippen molar-refractivity contribution in [3.8, 4) is 17.2 Å². The fourth-order valence-electron chi connectivity index (χ4n) is 2.78. The number of phenols is 1. The number of anilines is 1. The Morgan fingerprint density at radius 2 is 1.68 bits per heavy atom. The summed E-state index contributed by atoms with van der Waals surface area (Å²) in [6.07, 6.45) is 0. The molecule has 0 aliphatic carbocycles. The van der Waals surface area contributed by atoms with Crippen LogP contribution in [0.4, 0.5) is 5.95 Å². The molecular weight excluding hydrogens is 481 g/mol. The number of hydrogen-bond donors (Lipinski definition) is 3. The molecule has 34 heavy (non-hydrogen) atoms. The summed E-state index contributed by atoms with van der Waals surface area (Å²) in [4.78, 5) is 23.3. The number of benzene rings is 2. The van der Waals surface area contributed by atoms with Gasteiger partial charge in [0.05, 0.1) is 13.2 Å². The van der Waals surface area contributed by atoms with Crippen LogP contribution in [0.3, 0.4) is 0 Å². The second-order valence-electron chi connectivity index (χ2n) is 6.23. The van der Waals surface area contributed by atoms with Crippen molar-refractivity contribution in [1.29, 1.82) is 0 Å². The summed E-state index contributed by atoms with van der Waals surface area (Å²) >= 11 is 11.8. The van der Waals surface area contributed by atoms with Gasteiger partial charge in [-0.15, -0.1) is 0 Å². The zero-order valence-corrected chi connectivity index (χ0v) is 20.1. The lowest BCUT2D eigenvalue weighted by Gasteiger charge is -2.22. The molecule has 0 fully saturated rings. The van der Waals surface area contributed by atoms with Gasteiger partial charge in [-0.1, -0.05) is 33.4 Å². The third-order valence-corrected chi connectivity index (χ3v) is 4.58. The number of halogens is 2. The Kier molecular flexibility index (Phi) is 11.9. The number of rotatable bonds is 8. The Morgan fingerprint density at radius 3 is 2.24 bits per heavy atom. The Balaban J connectivity index is 0.00000188. The van der Waals surface area contributed by atoms with E-state index in [1.165, 1.54) is 20.2 Å². The molecule has 1 aromatic heterocycles. The van der Waals surface area contributed by atoms with Crippen LogP contribution in [0.5, 0.6) is 17.2 Å². The fourth-order valence-corrected chi connectivity index (χ4v) is 3.14. The standard InChI is InChI=1S/C20H19Cl2N5O4.C2H6.CH4/c1-23-16(29)10-31-13-6-3-11(4-7-13)17(14-8-5-12(28)9-15(14)30-2)24-20-26-18(21)25-19(22)27-20;1-2;/h3-9,17,28H,10H2,1-2H3,(H,23,29)(H,24,25,26,27);1-2H3;1H4. The van der Waals surface area contributed by atoms with Crippen LogP contribution >= 0.6 is 23.2 Å². The van der Waals surface area contributed by atoms with Crippen LogP contribution in [0.2, 0.25) is 10.6 Å². The number of nitrogens with zero attached hydrogens (tertiary/aromatic N) is 3. The highest BCUT2D eigenvalue weighted by Gasteiger charge is 2.21. The molecule has 0 saturated carbocycles. The molecule has 1 amide bonds. The maximum Gasteiger partial charge on any atom is 0.257 e. The highest BCUT2D eigenvalue weighted by molar-refractivity contribution is 6.31. The van der Waals surface area contributed by atoms with E-state index in [4.69, 9.17) is 32.7 Å². The molecule has 0 aliphatic rings. The van der Waals surface area contributed by atoms with Gasteiger partial charge in [0.25, 0.3) is 5.91 Å².